The first-order chi connectivity index (χ1) is 7.58. The van der Waals surface area contributed by atoms with Crippen molar-refractivity contribution < 1.29 is 4.79 Å². The molecule has 0 bridgehead atoms. The molecule has 1 aromatic carbocycles. The van der Waals surface area contributed by atoms with Crippen LogP contribution in [0.15, 0.2) is 18.2 Å². The maximum Gasteiger partial charge on any atom is 0.287 e. The summed E-state index contributed by atoms with van der Waals surface area (Å²) < 4.78 is 0. The van der Waals surface area contributed by atoms with Gasteiger partial charge in [0, 0.05) is 6.04 Å². The number of imidazole rings is 1. The number of nitrogens with zero attached hydrogens (tertiary/aromatic N) is 1. The quantitative estimate of drug-likeness (QED) is 0.843. The largest absolute Gasteiger partial charge is 0.347 e. The Hall–Kier alpha value is -1.55. The van der Waals surface area contributed by atoms with Gasteiger partial charge in [0.25, 0.3) is 5.91 Å². The molecule has 0 fully saturated rings. The van der Waals surface area contributed by atoms with Gasteiger partial charge >= 0.3 is 0 Å². The molecule has 1 aromatic heterocycles. The van der Waals surface area contributed by atoms with Gasteiger partial charge < -0.3 is 10.3 Å². The predicted octanol–water partition coefficient (Wildman–Crippen LogP) is 2.35. The third-order valence-electron chi connectivity index (χ3n) is 2.10. The molecular formula is C11H12ClN3O. The maximum absolute atomic E-state index is 11.7. The SMILES string of the molecule is CC(C)NC(=O)c1nc2cccc(Cl)c2[nH]1. The first-order valence-corrected chi connectivity index (χ1v) is 5.41. The fraction of sp³-hybridized carbons (Fsp3) is 0.273. The van der Waals surface area contributed by atoms with Crippen LogP contribution in [-0.4, -0.2) is 21.9 Å². The van der Waals surface area contributed by atoms with Crippen LogP contribution in [0, 0.1) is 0 Å². The summed E-state index contributed by atoms with van der Waals surface area (Å²) in [4.78, 5) is 18.8. The van der Waals surface area contributed by atoms with Crippen molar-refractivity contribution in [1.82, 2.24) is 15.3 Å². The number of fused-ring (bicyclic) bond motifs is 1. The molecule has 0 saturated heterocycles. The highest BCUT2D eigenvalue weighted by Crippen LogP contribution is 2.20. The molecule has 0 saturated carbocycles. The number of benzene rings is 1. The lowest BCUT2D eigenvalue weighted by atomic mass is 10.3. The van der Waals surface area contributed by atoms with Crippen molar-refractivity contribution in [3.63, 3.8) is 0 Å². The first kappa shape index (κ1) is 11.0. The zero-order chi connectivity index (χ0) is 11.7. The van der Waals surface area contributed by atoms with Crippen LogP contribution in [0.5, 0.6) is 0 Å². The number of nitrogens with one attached hydrogen (secondary N) is 2. The third kappa shape index (κ3) is 2.02. The van der Waals surface area contributed by atoms with Gasteiger partial charge in [-0.2, -0.15) is 0 Å². The zero-order valence-corrected chi connectivity index (χ0v) is 9.80. The van der Waals surface area contributed by atoms with E-state index in [-0.39, 0.29) is 17.8 Å². The number of rotatable bonds is 2. The average Bonchev–Trinajstić information content (AvgIpc) is 2.61. The Morgan fingerprint density at radius 3 is 2.88 bits per heavy atom. The van der Waals surface area contributed by atoms with E-state index in [9.17, 15) is 4.79 Å². The van der Waals surface area contributed by atoms with Crippen LogP contribution >= 0.6 is 11.6 Å². The topological polar surface area (TPSA) is 57.8 Å². The highest BCUT2D eigenvalue weighted by molar-refractivity contribution is 6.35. The molecule has 0 aliphatic heterocycles. The Morgan fingerprint density at radius 1 is 1.50 bits per heavy atom. The minimum atomic E-state index is -0.220. The van der Waals surface area contributed by atoms with Crippen molar-refractivity contribution in [3.8, 4) is 0 Å². The van der Waals surface area contributed by atoms with E-state index in [1.807, 2.05) is 19.9 Å². The molecule has 5 heteroatoms. The Morgan fingerprint density at radius 2 is 2.25 bits per heavy atom. The molecule has 2 aromatic rings. The third-order valence-corrected chi connectivity index (χ3v) is 2.42. The van der Waals surface area contributed by atoms with E-state index in [0.717, 1.165) is 0 Å². The van der Waals surface area contributed by atoms with E-state index < -0.39 is 0 Å². The number of hydrogen-bond donors (Lipinski definition) is 2. The second-order valence-electron chi connectivity index (χ2n) is 3.85. The lowest BCUT2D eigenvalue weighted by Gasteiger charge is -2.04. The van der Waals surface area contributed by atoms with Crippen molar-refractivity contribution in [2.75, 3.05) is 0 Å². The maximum atomic E-state index is 11.7. The predicted molar refractivity (Wildman–Crippen MR) is 63.7 cm³/mol. The summed E-state index contributed by atoms with van der Waals surface area (Å²) in [6.45, 7) is 3.79. The molecule has 1 heterocycles. The van der Waals surface area contributed by atoms with Gasteiger partial charge in [0.15, 0.2) is 5.82 Å². The standard InChI is InChI=1S/C11H12ClN3O/c1-6(2)13-11(16)10-14-8-5-3-4-7(12)9(8)15-10/h3-6H,1-2H3,(H,13,16)(H,14,15). The fourth-order valence-electron chi connectivity index (χ4n) is 1.43. The van der Waals surface area contributed by atoms with E-state index in [2.05, 4.69) is 15.3 Å². The minimum absolute atomic E-state index is 0.0798. The van der Waals surface area contributed by atoms with Gasteiger partial charge in [-0.05, 0) is 26.0 Å². The van der Waals surface area contributed by atoms with Gasteiger partial charge in [0.2, 0.25) is 0 Å². The Labute approximate surface area is 98.0 Å². The monoisotopic (exact) mass is 237 g/mol. The summed E-state index contributed by atoms with van der Waals surface area (Å²) in [5.74, 6) is 0.0686. The number of carbonyl (C=O) groups excluding carboxylic acids is 1. The second-order valence-corrected chi connectivity index (χ2v) is 4.25. The van der Waals surface area contributed by atoms with Gasteiger partial charge in [0.05, 0.1) is 16.1 Å². The number of H-pyrrole nitrogens is 1. The van der Waals surface area contributed by atoms with E-state index in [0.29, 0.717) is 16.1 Å². The number of aromatic amines is 1. The van der Waals surface area contributed by atoms with Crippen LogP contribution in [0.1, 0.15) is 24.5 Å². The van der Waals surface area contributed by atoms with Crippen LogP contribution in [-0.2, 0) is 0 Å². The molecule has 2 rings (SSSR count). The van der Waals surface area contributed by atoms with Gasteiger partial charge in [-0.15, -0.1) is 0 Å². The summed E-state index contributed by atoms with van der Waals surface area (Å²) in [5.41, 5.74) is 1.39. The van der Waals surface area contributed by atoms with Crippen LogP contribution in [0.2, 0.25) is 5.02 Å². The number of aromatic nitrogens is 2. The Kier molecular flexibility index (Phi) is 2.83. The smallest absolute Gasteiger partial charge is 0.287 e. The zero-order valence-electron chi connectivity index (χ0n) is 9.04. The Balaban J connectivity index is 2.40. The van der Waals surface area contributed by atoms with Gasteiger partial charge in [-0.3, -0.25) is 4.79 Å². The van der Waals surface area contributed by atoms with E-state index in [1.54, 1.807) is 12.1 Å². The van der Waals surface area contributed by atoms with Crippen molar-refractivity contribution in [1.29, 1.82) is 0 Å². The van der Waals surface area contributed by atoms with Gasteiger partial charge in [0.1, 0.15) is 0 Å². The molecule has 0 radical (unpaired) electrons. The highest BCUT2D eigenvalue weighted by Gasteiger charge is 2.13. The molecule has 0 aliphatic carbocycles. The molecule has 1 amide bonds. The van der Waals surface area contributed by atoms with E-state index in [4.69, 9.17) is 11.6 Å². The summed E-state index contributed by atoms with van der Waals surface area (Å²) in [6, 6.07) is 5.45. The average molecular weight is 238 g/mol. The van der Waals surface area contributed by atoms with Crippen molar-refractivity contribution in [3.05, 3.63) is 29.0 Å². The molecule has 84 valence electrons. The lowest BCUT2D eigenvalue weighted by molar-refractivity contribution is 0.0934. The van der Waals surface area contributed by atoms with E-state index in [1.165, 1.54) is 0 Å². The van der Waals surface area contributed by atoms with Gasteiger partial charge in [-0.25, -0.2) is 4.98 Å². The molecule has 4 nitrogen and oxygen atoms in total. The summed E-state index contributed by atoms with van der Waals surface area (Å²) in [7, 11) is 0. The second kappa shape index (κ2) is 4.14. The molecule has 0 atom stereocenters. The fourth-order valence-corrected chi connectivity index (χ4v) is 1.65. The highest BCUT2D eigenvalue weighted by atomic mass is 35.5. The van der Waals surface area contributed by atoms with Crippen molar-refractivity contribution in [2.24, 2.45) is 0 Å². The first-order valence-electron chi connectivity index (χ1n) is 5.03. The molecule has 0 unspecified atom stereocenters. The number of para-hydroxylation sites is 1. The number of carbonyl (C=O) groups is 1. The van der Waals surface area contributed by atoms with Crippen LogP contribution < -0.4 is 5.32 Å². The lowest BCUT2D eigenvalue weighted by Crippen LogP contribution is -2.30. The summed E-state index contributed by atoms with van der Waals surface area (Å²) in [6.07, 6.45) is 0. The Bertz CT molecular complexity index is 533. The van der Waals surface area contributed by atoms with Crippen molar-refractivity contribution >= 4 is 28.5 Å². The van der Waals surface area contributed by atoms with Gasteiger partial charge in [-0.1, -0.05) is 17.7 Å². The molecule has 16 heavy (non-hydrogen) atoms. The molecule has 0 aliphatic rings. The van der Waals surface area contributed by atoms with E-state index >= 15 is 0 Å². The number of amides is 1. The summed E-state index contributed by atoms with van der Waals surface area (Å²) >= 11 is 5.98. The van der Waals surface area contributed by atoms with Crippen LogP contribution in [0.25, 0.3) is 11.0 Å². The number of halogens is 1. The number of hydrogen-bond acceptors (Lipinski definition) is 2. The minimum Gasteiger partial charge on any atom is -0.347 e. The molecule has 2 N–H and O–H groups in total. The van der Waals surface area contributed by atoms with Crippen LogP contribution in [0.3, 0.4) is 0 Å². The molecular weight excluding hydrogens is 226 g/mol. The normalized spacial score (nSPS) is 11.0. The molecule has 0 spiro atoms. The summed E-state index contributed by atoms with van der Waals surface area (Å²) in [5, 5.41) is 3.33. The van der Waals surface area contributed by atoms with Crippen molar-refractivity contribution in [2.45, 2.75) is 19.9 Å². The van der Waals surface area contributed by atoms with Crippen LogP contribution in [0.4, 0.5) is 0 Å².